The van der Waals surface area contributed by atoms with Crippen LogP contribution in [0.25, 0.3) is 0 Å². The Hall–Kier alpha value is -0.610. The molecular formula is C11H23N3O. The van der Waals surface area contributed by atoms with Crippen molar-refractivity contribution >= 4 is 5.91 Å². The number of carbonyl (C=O) groups excluding carboxylic acids is 1. The molecule has 2 N–H and O–H groups in total. The van der Waals surface area contributed by atoms with E-state index in [1.54, 1.807) is 0 Å². The second kappa shape index (κ2) is 4.94. The van der Waals surface area contributed by atoms with Crippen molar-refractivity contribution in [2.24, 2.45) is 0 Å². The normalized spacial score (nSPS) is 23.1. The van der Waals surface area contributed by atoms with Crippen molar-refractivity contribution in [3.63, 3.8) is 0 Å². The summed E-state index contributed by atoms with van der Waals surface area (Å²) >= 11 is 0. The maximum Gasteiger partial charge on any atom is 0.239 e. The third-order valence-electron chi connectivity index (χ3n) is 2.91. The van der Waals surface area contributed by atoms with Gasteiger partial charge in [0.25, 0.3) is 0 Å². The number of nitrogens with zero attached hydrogens (tertiary/aromatic N) is 1. The third-order valence-corrected chi connectivity index (χ3v) is 2.91. The van der Waals surface area contributed by atoms with Crippen LogP contribution < -0.4 is 10.6 Å². The van der Waals surface area contributed by atoms with Gasteiger partial charge in [-0.3, -0.25) is 4.79 Å². The number of amides is 1. The maximum atomic E-state index is 11.9. The lowest BCUT2D eigenvalue weighted by Gasteiger charge is -2.26. The summed E-state index contributed by atoms with van der Waals surface area (Å²) in [6.07, 6.45) is 1.06. The molecule has 0 radical (unpaired) electrons. The smallest absolute Gasteiger partial charge is 0.239 e. The lowest BCUT2D eigenvalue weighted by atomic mass is 10.0. The molecule has 1 fully saturated rings. The number of hydrogen-bond acceptors (Lipinski definition) is 3. The van der Waals surface area contributed by atoms with Crippen LogP contribution in [-0.2, 0) is 4.79 Å². The summed E-state index contributed by atoms with van der Waals surface area (Å²) in [5.41, 5.74) is -0.462. The van der Waals surface area contributed by atoms with Crippen molar-refractivity contribution in [2.75, 3.05) is 26.7 Å². The number of likely N-dealkylation sites (tertiary alicyclic amines) is 1. The molecule has 0 bridgehead atoms. The summed E-state index contributed by atoms with van der Waals surface area (Å²) in [7, 11) is 2.08. The molecule has 1 atom stereocenters. The lowest BCUT2D eigenvalue weighted by molar-refractivity contribution is -0.127. The molecule has 4 heteroatoms. The van der Waals surface area contributed by atoms with Crippen LogP contribution in [0.2, 0.25) is 0 Å². The second-order valence-corrected chi connectivity index (χ2v) is 4.88. The molecular weight excluding hydrogens is 190 g/mol. The number of carbonyl (C=O) groups is 1. The molecule has 0 aromatic rings. The van der Waals surface area contributed by atoms with Gasteiger partial charge in [-0.25, -0.2) is 0 Å². The summed E-state index contributed by atoms with van der Waals surface area (Å²) in [6.45, 7) is 8.71. The van der Waals surface area contributed by atoms with Crippen LogP contribution in [0.1, 0.15) is 27.2 Å². The highest BCUT2D eigenvalue weighted by Gasteiger charge is 2.29. The maximum absolute atomic E-state index is 11.9. The first-order valence-electron chi connectivity index (χ1n) is 5.70. The van der Waals surface area contributed by atoms with Crippen LogP contribution in [0.4, 0.5) is 0 Å². The monoisotopic (exact) mass is 213 g/mol. The molecule has 88 valence electrons. The van der Waals surface area contributed by atoms with Crippen molar-refractivity contribution in [1.29, 1.82) is 0 Å². The quantitative estimate of drug-likeness (QED) is 0.701. The number of hydrogen-bond donors (Lipinski definition) is 2. The van der Waals surface area contributed by atoms with Gasteiger partial charge in [0.15, 0.2) is 0 Å². The molecule has 0 aromatic heterocycles. The first kappa shape index (κ1) is 12.5. The zero-order chi connectivity index (χ0) is 11.5. The number of nitrogens with one attached hydrogen (secondary N) is 2. The van der Waals surface area contributed by atoms with Gasteiger partial charge in [-0.15, -0.1) is 0 Å². The molecule has 1 amide bonds. The van der Waals surface area contributed by atoms with Crippen LogP contribution in [0.15, 0.2) is 0 Å². The van der Waals surface area contributed by atoms with Gasteiger partial charge >= 0.3 is 0 Å². The lowest BCUT2D eigenvalue weighted by Crippen LogP contribution is -2.55. The van der Waals surface area contributed by atoms with Crippen LogP contribution >= 0.6 is 0 Å². The molecule has 1 rings (SSSR count). The van der Waals surface area contributed by atoms with Gasteiger partial charge in [0.1, 0.15) is 0 Å². The summed E-state index contributed by atoms with van der Waals surface area (Å²) in [5, 5.41) is 6.27. The average Bonchev–Trinajstić information content (AvgIpc) is 2.51. The van der Waals surface area contributed by atoms with E-state index in [-0.39, 0.29) is 5.91 Å². The molecule has 0 aromatic carbocycles. The highest BCUT2D eigenvalue weighted by Crippen LogP contribution is 2.09. The van der Waals surface area contributed by atoms with Crippen molar-refractivity contribution < 1.29 is 4.79 Å². The molecule has 1 saturated heterocycles. The van der Waals surface area contributed by atoms with E-state index >= 15 is 0 Å². The topological polar surface area (TPSA) is 44.4 Å². The Morgan fingerprint density at radius 2 is 2.20 bits per heavy atom. The molecule has 1 aliphatic heterocycles. The Morgan fingerprint density at radius 3 is 2.67 bits per heavy atom. The highest BCUT2D eigenvalue weighted by atomic mass is 16.2. The van der Waals surface area contributed by atoms with Crippen molar-refractivity contribution in [3.05, 3.63) is 0 Å². The number of rotatable bonds is 4. The molecule has 15 heavy (non-hydrogen) atoms. The molecule has 1 aliphatic rings. The minimum Gasteiger partial charge on any atom is -0.350 e. The summed E-state index contributed by atoms with van der Waals surface area (Å²) < 4.78 is 0. The van der Waals surface area contributed by atoms with Crippen LogP contribution in [0.3, 0.4) is 0 Å². The largest absolute Gasteiger partial charge is 0.350 e. The molecule has 1 unspecified atom stereocenters. The Bertz CT molecular complexity index is 228. The van der Waals surface area contributed by atoms with E-state index in [0.29, 0.717) is 6.04 Å². The third kappa shape index (κ3) is 3.47. The van der Waals surface area contributed by atoms with E-state index in [9.17, 15) is 4.79 Å². The minimum atomic E-state index is -0.462. The molecule has 0 aliphatic carbocycles. The van der Waals surface area contributed by atoms with Crippen LogP contribution in [0.5, 0.6) is 0 Å². The van der Waals surface area contributed by atoms with Gasteiger partial charge in [0.2, 0.25) is 5.91 Å². The molecule has 4 nitrogen and oxygen atoms in total. The van der Waals surface area contributed by atoms with Crippen molar-refractivity contribution in [2.45, 2.75) is 38.8 Å². The zero-order valence-corrected chi connectivity index (χ0v) is 10.3. The SMILES string of the molecule is CCNC(C)(C)C(=O)NC1CCN(C)C1. The fraction of sp³-hybridized carbons (Fsp3) is 0.909. The van der Waals surface area contributed by atoms with Gasteiger partial charge in [-0.1, -0.05) is 6.92 Å². The predicted octanol–water partition coefficient (Wildman–Crippen LogP) is 0.195. The van der Waals surface area contributed by atoms with Gasteiger partial charge < -0.3 is 15.5 Å². The highest BCUT2D eigenvalue weighted by molar-refractivity contribution is 5.85. The van der Waals surface area contributed by atoms with Gasteiger partial charge in [0, 0.05) is 12.6 Å². The fourth-order valence-corrected chi connectivity index (χ4v) is 1.94. The zero-order valence-electron chi connectivity index (χ0n) is 10.3. The standard InChI is InChI=1S/C11H23N3O/c1-5-12-11(2,3)10(15)13-9-6-7-14(4)8-9/h9,12H,5-8H2,1-4H3,(H,13,15). The van der Waals surface area contributed by atoms with Crippen LogP contribution in [0, 0.1) is 0 Å². The first-order valence-corrected chi connectivity index (χ1v) is 5.70. The average molecular weight is 213 g/mol. The predicted molar refractivity (Wildman–Crippen MR) is 61.8 cm³/mol. The summed E-state index contributed by atoms with van der Waals surface area (Å²) in [5.74, 6) is 0.102. The van der Waals surface area contributed by atoms with Crippen LogP contribution in [-0.4, -0.2) is 49.1 Å². The first-order chi connectivity index (χ1) is 6.95. The van der Waals surface area contributed by atoms with Crippen molar-refractivity contribution in [3.8, 4) is 0 Å². The minimum absolute atomic E-state index is 0.102. The number of likely N-dealkylation sites (N-methyl/N-ethyl adjacent to an activating group) is 2. The van der Waals surface area contributed by atoms with E-state index < -0.39 is 5.54 Å². The molecule has 1 heterocycles. The summed E-state index contributed by atoms with van der Waals surface area (Å²) in [6, 6.07) is 0.320. The van der Waals surface area contributed by atoms with E-state index in [2.05, 4.69) is 22.6 Å². The van der Waals surface area contributed by atoms with Gasteiger partial charge in [0.05, 0.1) is 5.54 Å². The summed E-state index contributed by atoms with van der Waals surface area (Å²) in [4.78, 5) is 14.2. The van der Waals surface area contributed by atoms with Gasteiger partial charge in [-0.2, -0.15) is 0 Å². The Morgan fingerprint density at radius 1 is 1.53 bits per heavy atom. The van der Waals surface area contributed by atoms with E-state index in [4.69, 9.17) is 0 Å². The fourth-order valence-electron chi connectivity index (χ4n) is 1.94. The Labute approximate surface area is 92.4 Å². The van der Waals surface area contributed by atoms with E-state index in [0.717, 1.165) is 26.1 Å². The van der Waals surface area contributed by atoms with E-state index in [1.165, 1.54) is 0 Å². The molecule has 0 spiro atoms. The Balaban J connectivity index is 2.41. The second-order valence-electron chi connectivity index (χ2n) is 4.88. The van der Waals surface area contributed by atoms with Crippen molar-refractivity contribution in [1.82, 2.24) is 15.5 Å². The Kier molecular flexibility index (Phi) is 4.11. The molecule has 0 saturated carbocycles. The van der Waals surface area contributed by atoms with Gasteiger partial charge in [-0.05, 0) is 40.4 Å². The van der Waals surface area contributed by atoms with E-state index in [1.807, 2.05) is 20.8 Å².